The predicted octanol–water partition coefficient (Wildman–Crippen LogP) is -0.911. The first-order chi connectivity index (χ1) is 16.2. The van der Waals surface area contributed by atoms with Gasteiger partial charge in [0.25, 0.3) is 0 Å². The zero-order valence-electron chi connectivity index (χ0n) is 18.4. The molecular formula is C21H29N8O4Se+. The Hall–Kier alpha value is -2.80. The Balaban J connectivity index is 1.53. The molecule has 6 atom stereocenters. The molecule has 1 saturated heterocycles. The third-order valence-corrected chi connectivity index (χ3v) is 10.7. The van der Waals surface area contributed by atoms with Crippen LogP contribution in [0.4, 0.5) is 11.8 Å². The molecule has 0 aliphatic carbocycles. The second-order valence-corrected chi connectivity index (χ2v) is 13.0. The molecule has 1 amide bonds. The van der Waals surface area contributed by atoms with Crippen molar-refractivity contribution in [1.29, 1.82) is 0 Å². The van der Waals surface area contributed by atoms with Crippen LogP contribution in [0.25, 0.3) is 11.2 Å². The van der Waals surface area contributed by atoms with Crippen molar-refractivity contribution in [3.05, 3.63) is 42.2 Å². The van der Waals surface area contributed by atoms with Crippen molar-refractivity contribution in [3.8, 4) is 0 Å². The fourth-order valence-corrected chi connectivity index (χ4v) is 9.01. The number of nitrogens with two attached hydrogens (primary N) is 4. The predicted molar refractivity (Wildman–Crippen MR) is 127 cm³/mol. The number of hydrogen-bond donors (Lipinski definition) is 6. The second kappa shape index (κ2) is 10.2. The first-order valence-corrected chi connectivity index (χ1v) is 14.4. The van der Waals surface area contributed by atoms with Gasteiger partial charge >= 0.3 is 200 Å². The number of hydrogen-bond acceptors (Lipinski definition) is 10. The Labute approximate surface area is 200 Å². The van der Waals surface area contributed by atoms with Crippen LogP contribution in [0.1, 0.15) is 18.2 Å². The van der Waals surface area contributed by atoms with E-state index in [1.165, 1.54) is 10.9 Å². The average molecular weight is 536 g/mol. The number of nitrogens with zero attached hydrogens (tertiary/aromatic N) is 4. The van der Waals surface area contributed by atoms with E-state index in [-0.39, 0.29) is 11.8 Å². The Kier molecular flexibility index (Phi) is 7.31. The number of nitrogen functional groups attached to an aromatic ring is 2. The fourth-order valence-electron chi connectivity index (χ4n) is 3.93. The van der Waals surface area contributed by atoms with Gasteiger partial charge in [-0.1, -0.05) is 0 Å². The van der Waals surface area contributed by atoms with Gasteiger partial charge in [-0.05, 0) is 0 Å². The van der Waals surface area contributed by atoms with Crippen LogP contribution in [0, 0.1) is 0 Å². The first kappa shape index (κ1) is 24.3. The number of carbonyl (C=O) groups is 1. The van der Waals surface area contributed by atoms with E-state index in [4.69, 9.17) is 27.7 Å². The van der Waals surface area contributed by atoms with E-state index < -0.39 is 50.4 Å². The normalized spacial score (nSPS) is 24.3. The van der Waals surface area contributed by atoms with Crippen molar-refractivity contribution >= 4 is 42.7 Å². The molecular weight excluding hydrogens is 507 g/mol. The van der Waals surface area contributed by atoms with Gasteiger partial charge in [0.05, 0.1) is 0 Å². The number of carbonyl (C=O) groups excluding carboxylic acids is 1. The Morgan fingerprint density at radius 1 is 1.18 bits per heavy atom. The summed E-state index contributed by atoms with van der Waals surface area (Å²) in [6.45, 7) is 0. The monoisotopic (exact) mass is 537 g/mol. The number of rotatable bonds is 9. The molecule has 10 N–H and O–H groups in total. The van der Waals surface area contributed by atoms with E-state index in [0.29, 0.717) is 22.9 Å². The molecule has 4 rings (SSSR count). The van der Waals surface area contributed by atoms with Gasteiger partial charge < -0.3 is 0 Å². The molecule has 1 aliphatic rings. The Bertz CT molecular complexity index is 1150. The Morgan fingerprint density at radius 3 is 2.62 bits per heavy atom. The van der Waals surface area contributed by atoms with Crippen molar-refractivity contribution in [2.45, 2.75) is 53.0 Å². The minimum absolute atomic E-state index is 0.0308. The van der Waals surface area contributed by atoms with Crippen LogP contribution in [0.3, 0.4) is 0 Å². The van der Waals surface area contributed by atoms with E-state index in [1.807, 2.05) is 30.3 Å². The Morgan fingerprint density at radius 2 is 1.91 bits per heavy atom. The molecule has 3 heterocycles. The minimum atomic E-state index is -1.46. The SMILES string of the molecule is NC(=O)[C@@H](N)CC[Se+](Cc1ccccc1)C[C@H]1O[C@@H](n2cnc3c(N)nc(N)nc32)[C@H](O)[C@@H]1O. The van der Waals surface area contributed by atoms with Gasteiger partial charge in [0.2, 0.25) is 0 Å². The number of anilines is 2. The van der Waals surface area contributed by atoms with Crippen LogP contribution in [-0.2, 0) is 14.9 Å². The number of fused-ring (bicyclic) bond motifs is 1. The van der Waals surface area contributed by atoms with E-state index in [9.17, 15) is 15.0 Å². The van der Waals surface area contributed by atoms with E-state index >= 15 is 0 Å². The summed E-state index contributed by atoms with van der Waals surface area (Å²) in [7, 11) is 0. The molecule has 13 heteroatoms. The molecule has 0 radical (unpaired) electrons. The van der Waals surface area contributed by atoms with Crippen LogP contribution >= 0.6 is 0 Å². The second-order valence-electron chi connectivity index (χ2n) is 8.25. The summed E-state index contributed by atoms with van der Waals surface area (Å²) in [5.41, 5.74) is 24.6. The van der Waals surface area contributed by atoms with Crippen molar-refractivity contribution in [3.63, 3.8) is 0 Å². The summed E-state index contributed by atoms with van der Waals surface area (Å²) in [5, 5.41) is 23.7. The molecule has 1 aliphatic heterocycles. The molecule has 0 bridgehead atoms. The van der Waals surface area contributed by atoms with Gasteiger partial charge in [0.1, 0.15) is 0 Å². The third kappa shape index (κ3) is 5.14. The molecule has 34 heavy (non-hydrogen) atoms. The maximum atomic E-state index is 11.4. The quantitative estimate of drug-likeness (QED) is 0.185. The van der Waals surface area contributed by atoms with Gasteiger partial charge in [0.15, 0.2) is 0 Å². The zero-order chi connectivity index (χ0) is 24.4. The van der Waals surface area contributed by atoms with Gasteiger partial charge in [-0.3, -0.25) is 0 Å². The van der Waals surface area contributed by atoms with E-state index in [2.05, 4.69) is 15.0 Å². The number of aliphatic hydroxyl groups is 2. The number of aromatic nitrogens is 4. The van der Waals surface area contributed by atoms with Crippen molar-refractivity contribution in [2.75, 3.05) is 11.5 Å². The summed E-state index contributed by atoms with van der Waals surface area (Å²) in [4.78, 5) is 23.7. The van der Waals surface area contributed by atoms with Gasteiger partial charge in [-0.2, -0.15) is 0 Å². The number of primary amides is 1. The third-order valence-electron chi connectivity index (χ3n) is 5.77. The van der Waals surface area contributed by atoms with Gasteiger partial charge in [0, 0.05) is 0 Å². The molecule has 182 valence electrons. The summed E-state index contributed by atoms with van der Waals surface area (Å²) in [6.07, 6.45) is -1.98. The molecule has 3 aromatic rings. The summed E-state index contributed by atoms with van der Waals surface area (Å²) in [6, 6.07) is 9.25. The number of ether oxygens (including phenoxy) is 1. The average Bonchev–Trinajstić information content (AvgIpc) is 3.34. The standard InChI is InChI=1S/C21H28N8O4Se/c22-12(18(24)32)6-7-34(8-11-4-2-1-3-5-11)9-13-15(30)16(31)20(33-13)29-10-26-14-17(23)27-21(25)28-19(14)29/h1-5,10,12-13,15-16,20,30-31H,6-9,22H2,(H5-,23,24,25,27,28,32)/p+1/t12-,13+,15+,16+,20+,34?/m0/s1. The molecule has 1 fully saturated rings. The summed E-state index contributed by atoms with van der Waals surface area (Å²) < 4.78 is 7.64. The molecule has 0 spiro atoms. The van der Waals surface area contributed by atoms with Gasteiger partial charge in [-0.15, -0.1) is 0 Å². The summed E-state index contributed by atoms with van der Waals surface area (Å²) >= 11 is -1.46. The molecule has 0 saturated carbocycles. The van der Waals surface area contributed by atoms with Crippen LogP contribution in [-0.4, -0.2) is 73.9 Å². The van der Waals surface area contributed by atoms with Crippen molar-refractivity contribution in [2.24, 2.45) is 11.5 Å². The molecule has 12 nitrogen and oxygen atoms in total. The zero-order valence-corrected chi connectivity index (χ0v) is 20.1. The van der Waals surface area contributed by atoms with Crippen LogP contribution in [0.2, 0.25) is 10.6 Å². The van der Waals surface area contributed by atoms with Crippen LogP contribution < -0.4 is 22.9 Å². The number of imidazole rings is 1. The number of amides is 1. The fraction of sp³-hybridized carbons (Fsp3) is 0.429. The molecule has 1 unspecified atom stereocenters. The van der Waals surface area contributed by atoms with E-state index in [0.717, 1.165) is 16.2 Å². The summed E-state index contributed by atoms with van der Waals surface area (Å²) in [5.74, 6) is -0.451. The number of aliphatic hydroxyl groups excluding tert-OH is 2. The van der Waals surface area contributed by atoms with Crippen molar-refractivity contribution in [1.82, 2.24) is 19.5 Å². The van der Waals surface area contributed by atoms with Crippen molar-refractivity contribution < 1.29 is 19.7 Å². The van der Waals surface area contributed by atoms with Crippen LogP contribution in [0.5, 0.6) is 0 Å². The number of benzene rings is 1. The maximum absolute atomic E-state index is 11.4. The van der Waals surface area contributed by atoms with E-state index in [1.54, 1.807) is 0 Å². The first-order valence-electron chi connectivity index (χ1n) is 10.7. The molecule has 2 aromatic heterocycles. The molecule has 1 aromatic carbocycles. The van der Waals surface area contributed by atoms with Gasteiger partial charge in [-0.25, -0.2) is 0 Å². The topological polar surface area (TPSA) is 214 Å². The van der Waals surface area contributed by atoms with Crippen LogP contribution in [0.15, 0.2) is 36.7 Å².